The van der Waals surface area contributed by atoms with Crippen LogP contribution >= 0.6 is 11.8 Å². The van der Waals surface area contributed by atoms with Crippen LogP contribution in [0.5, 0.6) is 5.75 Å². The average molecular weight is 392 g/mol. The van der Waals surface area contributed by atoms with E-state index in [1.807, 2.05) is 41.5 Å². The van der Waals surface area contributed by atoms with Crippen LogP contribution < -0.4 is 15.4 Å². The molecule has 2 bridgehead atoms. The van der Waals surface area contributed by atoms with Gasteiger partial charge in [-0.25, -0.2) is 0 Å². The Hall–Kier alpha value is -1.73. The number of hydrogen-bond donors (Lipinski definition) is 2. The molecule has 1 aromatic carbocycles. The first-order chi connectivity index (χ1) is 13.2. The molecule has 0 aromatic heterocycles. The number of ether oxygens (including phenoxy) is 1. The van der Waals surface area contributed by atoms with Crippen LogP contribution in [0.2, 0.25) is 0 Å². The number of hydrogen-bond acceptors (Lipinski definition) is 5. The molecule has 2 heterocycles. The zero-order valence-electron chi connectivity index (χ0n) is 15.9. The van der Waals surface area contributed by atoms with Crippen LogP contribution in [0, 0.1) is 0 Å². The van der Waals surface area contributed by atoms with Gasteiger partial charge in [0.2, 0.25) is 5.91 Å². The molecule has 0 radical (unpaired) electrons. The molecule has 3 atom stereocenters. The molecule has 7 heteroatoms. The molecule has 27 heavy (non-hydrogen) atoms. The molecule has 0 saturated carbocycles. The topological polar surface area (TPSA) is 70.7 Å². The third-order valence-electron chi connectivity index (χ3n) is 5.27. The predicted octanol–water partition coefficient (Wildman–Crippen LogP) is 1.66. The van der Waals surface area contributed by atoms with Gasteiger partial charge in [-0.15, -0.1) is 0 Å². The molecular formula is C20H29N3O3S. The molecule has 6 nitrogen and oxygen atoms in total. The minimum absolute atomic E-state index is 0.0633. The van der Waals surface area contributed by atoms with Crippen molar-refractivity contribution in [1.29, 1.82) is 0 Å². The largest absolute Gasteiger partial charge is 0.484 e. The standard InChI is InChI=1S/C20H29N3O3S/c1-27-12-10-18(22-19(24)14-26-17-5-3-2-4-6-17)20(25)23-15-7-8-16(23)13-21-11-9-15/h2-6,15-16,18,21H,7-14H2,1H3,(H,22,24). The zero-order valence-corrected chi connectivity index (χ0v) is 16.7. The second-order valence-corrected chi connectivity index (χ2v) is 8.11. The summed E-state index contributed by atoms with van der Waals surface area (Å²) in [5.41, 5.74) is 0. The normalized spacial score (nSPS) is 22.8. The molecule has 3 unspecified atom stereocenters. The number of carbonyl (C=O) groups is 2. The number of nitrogens with zero attached hydrogens (tertiary/aromatic N) is 1. The summed E-state index contributed by atoms with van der Waals surface area (Å²) in [5, 5.41) is 6.34. The first-order valence-electron chi connectivity index (χ1n) is 9.68. The van der Waals surface area contributed by atoms with Crippen LogP contribution in [0.1, 0.15) is 25.7 Å². The van der Waals surface area contributed by atoms with E-state index in [4.69, 9.17) is 4.74 Å². The van der Waals surface area contributed by atoms with Crippen molar-refractivity contribution in [3.63, 3.8) is 0 Å². The van der Waals surface area contributed by atoms with E-state index >= 15 is 0 Å². The molecule has 2 saturated heterocycles. The Labute approximate surface area is 165 Å². The highest BCUT2D eigenvalue weighted by molar-refractivity contribution is 7.98. The maximum absolute atomic E-state index is 13.3. The molecule has 2 aliphatic rings. The number of amides is 2. The number of thioether (sulfide) groups is 1. The molecule has 148 valence electrons. The fourth-order valence-electron chi connectivity index (χ4n) is 3.92. The number of para-hydroxylation sites is 1. The van der Waals surface area contributed by atoms with Gasteiger partial charge in [0.15, 0.2) is 6.61 Å². The molecule has 2 fully saturated rings. The van der Waals surface area contributed by atoms with Crippen molar-refractivity contribution in [2.45, 2.75) is 43.8 Å². The smallest absolute Gasteiger partial charge is 0.258 e. The molecule has 0 spiro atoms. The average Bonchev–Trinajstić information content (AvgIpc) is 2.96. The second-order valence-electron chi connectivity index (χ2n) is 7.13. The van der Waals surface area contributed by atoms with Crippen molar-refractivity contribution in [1.82, 2.24) is 15.5 Å². The Morgan fingerprint density at radius 3 is 2.81 bits per heavy atom. The van der Waals surface area contributed by atoms with Crippen molar-refractivity contribution in [2.75, 3.05) is 31.7 Å². The summed E-state index contributed by atoms with van der Waals surface area (Å²) >= 11 is 1.69. The van der Waals surface area contributed by atoms with Crippen molar-refractivity contribution >= 4 is 23.6 Å². The van der Waals surface area contributed by atoms with Crippen LogP contribution in [0.3, 0.4) is 0 Å². The van der Waals surface area contributed by atoms with Crippen LogP contribution in [0.25, 0.3) is 0 Å². The lowest BCUT2D eigenvalue weighted by molar-refractivity contribution is -0.139. The number of nitrogens with one attached hydrogen (secondary N) is 2. The van der Waals surface area contributed by atoms with E-state index < -0.39 is 6.04 Å². The van der Waals surface area contributed by atoms with Gasteiger partial charge in [0.25, 0.3) is 5.91 Å². The fraction of sp³-hybridized carbons (Fsp3) is 0.600. The lowest BCUT2D eigenvalue weighted by atomic mass is 10.1. The minimum atomic E-state index is -0.481. The molecular weight excluding hydrogens is 362 g/mol. The number of benzene rings is 1. The highest BCUT2D eigenvalue weighted by Gasteiger charge is 2.40. The third-order valence-corrected chi connectivity index (χ3v) is 5.91. The van der Waals surface area contributed by atoms with Gasteiger partial charge in [0, 0.05) is 18.6 Å². The third kappa shape index (κ3) is 5.39. The van der Waals surface area contributed by atoms with Gasteiger partial charge in [-0.2, -0.15) is 11.8 Å². The summed E-state index contributed by atoms with van der Waals surface area (Å²) in [7, 11) is 0. The number of carbonyl (C=O) groups excluding carboxylic acids is 2. The van der Waals surface area contributed by atoms with Crippen LogP contribution in [0.15, 0.2) is 30.3 Å². The van der Waals surface area contributed by atoms with Gasteiger partial charge in [0.05, 0.1) is 0 Å². The highest BCUT2D eigenvalue weighted by atomic mass is 32.2. The first-order valence-corrected chi connectivity index (χ1v) is 11.1. The van der Waals surface area contributed by atoms with Gasteiger partial charge >= 0.3 is 0 Å². The van der Waals surface area contributed by atoms with E-state index in [1.54, 1.807) is 11.8 Å². The van der Waals surface area contributed by atoms with E-state index in [0.29, 0.717) is 18.2 Å². The molecule has 3 rings (SSSR count). The van der Waals surface area contributed by atoms with Gasteiger partial charge in [-0.05, 0) is 56.4 Å². The van der Waals surface area contributed by atoms with Gasteiger partial charge < -0.3 is 20.3 Å². The summed E-state index contributed by atoms with van der Waals surface area (Å²) in [4.78, 5) is 27.7. The van der Waals surface area contributed by atoms with Crippen LogP contribution in [-0.2, 0) is 9.59 Å². The van der Waals surface area contributed by atoms with E-state index in [1.165, 1.54) is 0 Å². The zero-order chi connectivity index (χ0) is 19.1. The van der Waals surface area contributed by atoms with Crippen molar-refractivity contribution < 1.29 is 14.3 Å². The predicted molar refractivity (Wildman–Crippen MR) is 108 cm³/mol. The summed E-state index contributed by atoms with van der Waals surface area (Å²) in [6, 6.07) is 9.31. The molecule has 1 aromatic rings. The highest BCUT2D eigenvalue weighted by Crippen LogP contribution is 2.29. The molecule has 2 N–H and O–H groups in total. The number of rotatable bonds is 8. The van der Waals surface area contributed by atoms with Crippen LogP contribution in [0.4, 0.5) is 0 Å². The molecule has 2 aliphatic heterocycles. The Morgan fingerprint density at radius 1 is 1.26 bits per heavy atom. The Morgan fingerprint density at radius 2 is 2.04 bits per heavy atom. The summed E-state index contributed by atoms with van der Waals surface area (Å²) in [5.74, 6) is 1.29. The summed E-state index contributed by atoms with van der Waals surface area (Å²) in [6.07, 6.45) is 5.76. The van der Waals surface area contributed by atoms with Crippen molar-refractivity contribution in [2.24, 2.45) is 0 Å². The van der Waals surface area contributed by atoms with Crippen molar-refractivity contribution in [3.8, 4) is 5.75 Å². The Balaban J connectivity index is 1.60. The Kier molecular flexibility index (Phi) is 7.41. The van der Waals surface area contributed by atoms with Crippen molar-refractivity contribution in [3.05, 3.63) is 30.3 Å². The van der Waals surface area contributed by atoms with Crippen LogP contribution in [-0.4, -0.2) is 66.5 Å². The fourth-order valence-corrected chi connectivity index (χ4v) is 4.39. The quantitative estimate of drug-likeness (QED) is 0.705. The lowest BCUT2D eigenvalue weighted by Gasteiger charge is -2.32. The molecule has 2 amide bonds. The summed E-state index contributed by atoms with van der Waals surface area (Å²) < 4.78 is 5.52. The summed E-state index contributed by atoms with van der Waals surface area (Å²) in [6.45, 7) is 1.72. The lowest BCUT2D eigenvalue weighted by Crippen LogP contribution is -2.53. The number of fused-ring (bicyclic) bond motifs is 2. The monoisotopic (exact) mass is 391 g/mol. The SMILES string of the molecule is CSCCC(NC(=O)COc1ccccc1)C(=O)N1C2CCNCC1CC2. The van der Waals surface area contributed by atoms with Gasteiger partial charge in [-0.3, -0.25) is 9.59 Å². The molecule has 0 aliphatic carbocycles. The van der Waals surface area contributed by atoms with E-state index in [-0.39, 0.29) is 24.5 Å². The van der Waals surface area contributed by atoms with Gasteiger partial charge in [0.1, 0.15) is 11.8 Å². The van der Waals surface area contributed by atoms with Gasteiger partial charge in [-0.1, -0.05) is 18.2 Å². The van der Waals surface area contributed by atoms with E-state index in [2.05, 4.69) is 10.6 Å². The van der Waals surface area contributed by atoms with E-state index in [9.17, 15) is 9.59 Å². The minimum Gasteiger partial charge on any atom is -0.484 e. The maximum Gasteiger partial charge on any atom is 0.258 e. The Bertz CT molecular complexity index is 614. The first kappa shape index (κ1) is 20.0. The maximum atomic E-state index is 13.3. The second kappa shape index (κ2) is 9.99. The van der Waals surface area contributed by atoms with E-state index in [0.717, 1.165) is 38.1 Å².